The molecule has 6 nitrogen and oxygen atoms in total. The topological polar surface area (TPSA) is 88.9 Å². The maximum Gasteiger partial charge on any atom is 0.295 e. The zero-order valence-corrected chi connectivity index (χ0v) is 11.8. The maximum absolute atomic E-state index is 12.0. The van der Waals surface area contributed by atoms with E-state index in [-0.39, 0.29) is 16.5 Å². The van der Waals surface area contributed by atoms with Gasteiger partial charge in [-0.2, -0.15) is 8.42 Å². The molecule has 100 valence electrons. The Labute approximate surface area is 118 Å². The first-order valence-electron chi connectivity index (χ1n) is 5.18. The molecule has 0 amide bonds. The number of amidine groups is 1. The van der Waals surface area contributed by atoms with Gasteiger partial charge in [0.15, 0.2) is 4.21 Å². The number of rotatable bonds is 2. The van der Waals surface area contributed by atoms with Crippen LogP contribution in [0.25, 0.3) is 0 Å². The van der Waals surface area contributed by atoms with Crippen molar-refractivity contribution in [3.05, 3.63) is 34.6 Å². The van der Waals surface area contributed by atoms with Crippen LogP contribution in [-0.2, 0) is 16.4 Å². The highest BCUT2D eigenvalue weighted by atomic mass is 35.5. The lowest BCUT2D eigenvalue weighted by Crippen LogP contribution is -2.41. The van der Waals surface area contributed by atoms with Crippen LogP contribution in [0.5, 0.6) is 0 Å². The van der Waals surface area contributed by atoms with Gasteiger partial charge in [-0.05, 0) is 18.2 Å². The van der Waals surface area contributed by atoms with Crippen LogP contribution in [-0.4, -0.2) is 14.3 Å². The monoisotopic (exact) mass is 317 g/mol. The van der Waals surface area contributed by atoms with E-state index in [4.69, 9.17) is 21.9 Å². The van der Waals surface area contributed by atoms with Crippen molar-refractivity contribution in [3.8, 4) is 0 Å². The Bertz CT molecular complexity index is 749. The van der Waals surface area contributed by atoms with Crippen molar-refractivity contribution in [2.45, 2.75) is 10.6 Å². The molecule has 0 saturated carbocycles. The summed E-state index contributed by atoms with van der Waals surface area (Å²) in [7, 11) is -3.75. The molecule has 0 bridgehead atoms. The molecule has 3 heterocycles. The zero-order chi connectivity index (χ0) is 13.6. The molecule has 0 radical (unpaired) electrons. The summed E-state index contributed by atoms with van der Waals surface area (Å²) in [4.78, 5) is 0. The number of furan rings is 1. The molecule has 2 aromatic rings. The van der Waals surface area contributed by atoms with E-state index in [1.54, 1.807) is 12.1 Å². The SMILES string of the molecule is NN1C(Cc2ccco2)=NS(=O)(=O)c2sc(Cl)cc21. The Morgan fingerprint density at radius 1 is 1.53 bits per heavy atom. The molecule has 2 N–H and O–H groups in total. The molecule has 0 saturated heterocycles. The van der Waals surface area contributed by atoms with Crippen LogP contribution in [0.2, 0.25) is 4.34 Å². The predicted molar refractivity (Wildman–Crippen MR) is 73.0 cm³/mol. The first-order chi connectivity index (χ1) is 8.97. The van der Waals surface area contributed by atoms with Crippen LogP contribution in [0, 0.1) is 0 Å². The Morgan fingerprint density at radius 3 is 3.00 bits per heavy atom. The molecule has 0 spiro atoms. The molecule has 1 aliphatic heterocycles. The summed E-state index contributed by atoms with van der Waals surface area (Å²) in [5.74, 6) is 6.66. The maximum atomic E-state index is 12.0. The molecule has 0 unspecified atom stereocenters. The Balaban J connectivity index is 2.06. The number of hydrazine groups is 1. The van der Waals surface area contributed by atoms with Gasteiger partial charge in [-0.3, -0.25) is 5.01 Å². The third kappa shape index (κ3) is 2.16. The summed E-state index contributed by atoms with van der Waals surface area (Å²) in [6.07, 6.45) is 1.69. The number of halogens is 1. The van der Waals surface area contributed by atoms with E-state index in [0.29, 0.717) is 15.8 Å². The predicted octanol–water partition coefficient (Wildman–Crippen LogP) is 2.02. The van der Waals surface area contributed by atoms with E-state index >= 15 is 0 Å². The first-order valence-corrected chi connectivity index (χ1v) is 7.81. The standard InChI is InChI=1S/C10H8ClN3O3S2/c11-8-5-7-10(18-8)19(15,16)13-9(14(7)12)4-6-2-1-3-17-6/h1-3,5H,4,12H2. The van der Waals surface area contributed by atoms with Crippen molar-refractivity contribution in [2.75, 3.05) is 5.01 Å². The summed E-state index contributed by atoms with van der Waals surface area (Å²) < 4.78 is 33.3. The van der Waals surface area contributed by atoms with Crippen LogP contribution in [0.1, 0.15) is 5.76 Å². The highest BCUT2D eigenvalue weighted by molar-refractivity contribution is 7.92. The van der Waals surface area contributed by atoms with E-state index in [2.05, 4.69) is 4.40 Å². The number of nitrogens with two attached hydrogens (primary N) is 1. The minimum atomic E-state index is -3.75. The van der Waals surface area contributed by atoms with E-state index < -0.39 is 10.0 Å². The molecule has 0 aromatic carbocycles. The summed E-state index contributed by atoms with van der Waals surface area (Å²) in [6, 6.07) is 4.94. The molecule has 0 aliphatic carbocycles. The molecular formula is C10H8ClN3O3S2. The van der Waals surface area contributed by atoms with Gasteiger partial charge in [0.25, 0.3) is 10.0 Å². The van der Waals surface area contributed by atoms with Crippen molar-refractivity contribution in [3.63, 3.8) is 0 Å². The summed E-state index contributed by atoms with van der Waals surface area (Å²) in [5, 5.41) is 1.22. The molecule has 0 atom stereocenters. The third-order valence-electron chi connectivity index (χ3n) is 2.56. The summed E-state index contributed by atoms with van der Waals surface area (Å²) >= 11 is 6.77. The molecule has 19 heavy (non-hydrogen) atoms. The van der Waals surface area contributed by atoms with Crippen LogP contribution in [0.3, 0.4) is 0 Å². The molecule has 9 heteroatoms. The van der Waals surface area contributed by atoms with Gasteiger partial charge in [0.1, 0.15) is 11.6 Å². The Kier molecular flexibility index (Phi) is 2.90. The average Bonchev–Trinajstić information content (AvgIpc) is 2.95. The van der Waals surface area contributed by atoms with Gasteiger partial charge < -0.3 is 4.42 Å². The third-order valence-corrected chi connectivity index (χ3v) is 5.62. The second-order valence-electron chi connectivity index (χ2n) is 3.83. The van der Waals surface area contributed by atoms with E-state index in [1.165, 1.54) is 17.3 Å². The molecule has 3 rings (SSSR count). The molecule has 0 fully saturated rings. The van der Waals surface area contributed by atoms with Gasteiger partial charge in [0.2, 0.25) is 0 Å². The van der Waals surface area contributed by atoms with Crippen LogP contribution in [0.15, 0.2) is 37.5 Å². The normalized spacial score (nSPS) is 17.2. The van der Waals surface area contributed by atoms with Gasteiger partial charge in [-0.1, -0.05) is 11.6 Å². The number of hydrogen-bond donors (Lipinski definition) is 1. The van der Waals surface area contributed by atoms with Crippen molar-refractivity contribution in [1.82, 2.24) is 0 Å². The quantitative estimate of drug-likeness (QED) is 0.856. The number of anilines is 1. The highest BCUT2D eigenvalue weighted by Crippen LogP contribution is 2.40. The van der Waals surface area contributed by atoms with E-state index in [9.17, 15) is 8.42 Å². The summed E-state index contributed by atoms with van der Waals surface area (Å²) in [5.41, 5.74) is 0.339. The number of sulfonamides is 1. The first kappa shape index (κ1) is 12.7. The lowest BCUT2D eigenvalue weighted by atomic mass is 10.3. The second-order valence-corrected chi connectivity index (χ2v) is 7.31. The van der Waals surface area contributed by atoms with E-state index in [0.717, 1.165) is 11.3 Å². The number of nitrogens with zero attached hydrogens (tertiary/aromatic N) is 2. The van der Waals surface area contributed by atoms with Crippen LogP contribution < -0.4 is 10.9 Å². The van der Waals surface area contributed by atoms with Crippen LogP contribution >= 0.6 is 22.9 Å². The van der Waals surface area contributed by atoms with Crippen LogP contribution in [0.4, 0.5) is 5.69 Å². The zero-order valence-electron chi connectivity index (χ0n) is 9.41. The highest BCUT2D eigenvalue weighted by Gasteiger charge is 2.32. The van der Waals surface area contributed by atoms with Gasteiger partial charge >= 0.3 is 0 Å². The van der Waals surface area contributed by atoms with Gasteiger partial charge in [0.05, 0.1) is 22.7 Å². The van der Waals surface area contributed by atoms with Crippen molar-refractivity contribution < 1.29 is 12.8 Å². The molecule has 2 aromatic heterocycles. The van der Waals surface area contributed by atoms with Gasteiger partial charge in [-0.25, -0.2) is 5.84 Å². The lowest BCUT2D eigenvalue weighted by Gasteiger charge is -2.23. The fourth-order valence-electron chi connectivity index (χ4n) is 1.74. The average molecular weight is 318 g/mol. The van der Waals surface area contributed by atoms with Crippen molar-refractivity contribution in [2.24, 2.45) is 10.2 Å². The number of fused-ring (bicyclic) bond motifs is 1. The Morgan fingerprint density at radius 2 is 2.32 bits per heavy atom. The second kappa shape index (κ2) is 4.34. The fourth-order valence-corrected chi connectivity index (χ4v) is 4.56. The minimum Gasteiger partial charge on any atom is -0.469 e. The van der Waals surface area contributed by atoms with E-state index in [1.807, 2.05) is 0 Å². The molecule has 1 aliphatic rings. The number of thiophene rings is 1. The van der Waals surface area contributed by atoms with Gasteiger partial charge in [0, 0.05) is 0 Å². The minimum absolute atomic E-state index is 0.0585. The molecular weight excluding hydrogens is 310 g/mol. The van der Waals surface area contributed by atoms with Crippen molar-refractivity contribution in [1.29, 1.82) is 0 Å². The largest absolute Gasteiger partial charge is 0.469 e. The fraction of sp³-hybridized carbons (Fsp3) is 0.100. The smallest absolute Gasteiger partial charge is 0.295 e. The Hall–Kier alpha value is -1.35. The van der Waals surface area contributed by atoms with Gasteiger partial charge in [-0.15, -0.1) is 15.7 Å². The lowest BCUT2D eigenvalue weighted by molar-refractivity contribution is 0.525. The van der Waals surface area contributed by atoms with Crippen molar-refractivity contribution >= 4 is 44.5 Å². The number of hydrogen-bond acceptors (Lipinski definition) is 6. The summed E-state index contributed by atoms with van der Waals surface area (Å²) in [6.45, 7) is 0.